The average molecular weight is 302 g/mol. The molecule has 1 amide bonds. The second-order valence-electron chi connectivity index (χ2n) is 4.94. The first-order valence-electron chi connectivity index (χ1n) is 6.28. The van der Waals surface area contributed by atoms with Crippen LogP contribution in [0.25, 0.3) is 0 Å². The van der Waals surface area contributed by atoms with Gasteiger partial charge in [-0.3, -0.25) is 4.79 Å². The third-order valence-electron chi connectivity index (χ3n) is 3.45. The van der Waals surface area contributed by atoms with E-state index in [0.717, 1.165) is 25.7 Å². The standard InChI is InChI=1S/C13H17Cl2N3O/c14-10-5-7(6-11(15)12(10)17)13(19)18-9-3-1-8(16)2-4-9/h5-6,8-9H,1-4,16-17H2,(H,18,19). The molecule has 1 aromatic carbocycles. The highest BCUT2D eigenvalue weighted by Crippen LogP contribution is 2.29. The molecular formula is C13H17Cl2N3O. The molecule has 0 heterocycles. The number of benzene rings is 1. The van der Waals surface area contributed by atoms with Crippen LogP contribution in [0.5, 0.6) is 0 Å². The van der Waals surface area contributed by atoms with Crippen LogP contribution in [0.1, 0.15) is 36.0 Å². The normalized spacial score (nSPS) is 23.1. The second-order valence-corrected chi connectivity index (χ2v) is 5.75. The van der Waals surface area contributed by atoms with Gasteiger partial charge in [0, 0.05) is 17.6 Å². The molecule has 0 aliphatic heterocycles. The molecule has 1 aliphatic rings. The van der Waals surface area contributed by atoms with Crippen LogP contribution in [0, 0.1) is 0 Å². The van der Waals surface area contributed by atoms with Crippen molar-refractivity contribution < 1.29 is 4.79 Å². The molecule has 0 unspecified atom stereocenters. The number of carbonyl (C=O) groups excluding carboxylic acids is 1. The van der Waals surface area contributed by atoms with Gasteiger partial charge in [0.1, 0.15) is 0 Å². The van der Waals surface area contributed by atoms with Gasteiger partial charge in [-0.2, -0.15) is 0 Å². The molecule has 0 atom stereocenters. The molecule has 19 heavy (non-hydrogen) atoms. The zero-order valence-electron chi connectivity index (χ0n) is 10.5. The monoisotopic (exact) mass is 301 g/mol. The highest BCUT2D eigenvalue weighted by atomic mass is 35.5. The van der Waals surface area contributed by atoms with E-state index in [9.17, 15) is 4.79 Å². The maximum atomic E-state index is 12.1. The maximum Gasteiger partial charge on any atom is 0.251 e. The van der Waals surface area contributed by atoms with Gasteiger partial charge in [0.2, 0.25) is 0 Å². The van der Waals surface area contributed by atoms with Gasteiger partial charge in [0.15, 0.2) is 0 Å². The molecule has 2 rings (SSSR count). The van der Waals surface area contributed by atoms with Gasteiger partial charge in [-0.1, -0.05) is 23.2 Å². The van der Waals surface area contributed by atoms with E-state index < -0.39 is 0 Å². The lowest BCUT2D eigenvalue weighted by Gasteiger charge is -2.26. The summed E-state index contributed by atoms with van der Waals surface area (Å²) in [5.41, 5.74) is 12.2. The third kappa shape index (κ3) is 3.53. The molecule has 0 saturated heterocycles. The highest BCUT2D eigenvalue weighted by molar-refractivity contribution is 6.39. The Kier molecular flexibility index (Phi) is 4.55. The Bertz CT molecular complexity index is 462. The molecule has 1 saturated carbocycles. The Labute approximate surface area is 122 Å². The lowest BCUT2D eigenvalue weighted by atomic mass is 9.91. The fraction of sp³-hybridized carbons (Fsp3) is 0.462. The van der Waals surface area contributed by atoms with Crippen LogP contribution in [0.4, 0.5) is 5.69 Å². The van der Waals surface area contributed by atoms with Gasteiger partial charge in [-0.15, -0.1) is 0 Å². The third-order valence-corrected chi connectivity index (χ3v) is 4.07. The predicted octanol–water partition coefficient (Wildman–Crippen LogP) is 2.58. The van der Waals surface area contributed by atoms with Crippen molar-refractivity contribution in [3.63, 3.8) is 0 Å². The van der Waals surface area contributed by atoms with Gasteiger partial charge in [-0.05, 0) is 37.8 Å². The number of hydrogen-bond donors (Lipinski definition) is 3. The summed E-state index contributed by atoms with van der Waals surface area (Å²) in [6, 6.07) is 3.50. The maximum absolute atomic E-state index is 12.1. The van der Waals surface area contributed by atoms with E-state index in [2.05, 4.69) is 5.32 Å². The van der Waals surface area contributed by atoms with Crippen LogP contribution in [-0.2, 0) is 0 Å². The van der Waals surface area contributed by atoms with Gasteiger partial charge >= 0.3 is 0 Å². The van der Waals surface area contributed by atoms with Crippen LogP contribution in [0.15, 0.2) is 12.1 Å². The first kappa shape index (κ1) is 14.4. The summed E-state index contributed by atoms with van der Waals surface area (Å²) < 4.78 is 0. The summed E-state index contributed by atoms with van der Waals surface area (Å²) >= 11 is 11.8. The summed E-state index contributed by atoms with van der Waals surface area (Å²) in [6.07, 6.45) is 3.69. The van der Waals surface area contributed by atoms with E-state index in [4.69, 9.17) is 34.7 Å². The van der Waals surface area contributed by atoms with Crippen LogP contribution in [0.2, 0.25) is 10.0 Å². The van der Waals surface area contributed by atoms with Crippen molar-refractivity contribution in [2.45, 2.75) is 37.8 Å². The summed E-state index contributed by atoms with van der Waals surface area (Å²) in [7, 11) is 0. The molecule has 0 bridgehead atoms. The van der Waals surface area contributed by atoms with Crippen molar-refractivity contribution >= 4 is 34.8 Å². The molecule has 104 valence electrons. The Morgan fingerprint density at radius 1 is 1.16 bits per heavy atom. The minimum atomic E-state index is -0.177. The molecule has 0 aromatic heterocycles. The van der Waals surface area contributed by atoms with Crippen molar-refractivity contribution in [1.82, 2.24) is 5.32 Å². The first-order chi connectivity index (χ1) is 8.97. The molecule has 4 nitrogen and oxygen atoms in total. The zero-order chi connectivity index (χ0) is 14.0. The smallest absolute Gasteiger partial charge is 0.251 e. The molecule has 0 radical (unpaired) electrons. The minimum absolute atomic E-state index is 0.169. The number of anilines is 1. The average Bonchev–Trinajstić information content (AvgIpc) is 2.38. The summed E-state index contributed by atoms with van der Waals surface area (Å²) in [5, 5.41) is 3.57. The Morgan fingerprint density at radius 2 is 1.68 bits per heavy atom. The summed E-state index contributed by atoms with van der Waals surface area (Å²) in [6.45, 7) is 0. The highest BCUT2D eigenvalue weighted by Gasteiger charge is 2.21. The minimum Gasteiger partial charge on any atom is -0.396 e. The predicted molar refractivity (Wildman–Crippen MR) is 78.6 cm³/mol. The van der Waals surface area contributed by atoms with Crippen LogP contribution >= 0.6 is 23.2 Å². The molecular weight excluding hydrogens is 285 g/mol. The van der Waals surface area contributed by atoms with E-state index in [1.807, 2.05) is 0 Å². The number of nitrogen functional groups attached to an aromatic ring is 1. The van der Waals surface area contributed by atoms with Crippen molar-refractivity contribution in [3.05, 3.63) is 27.7 Å². The number of hydrogen-bond acceptors (Lipinski definition) is 3. The molecule has 1 aliphatic carbocycles. The molecule has 0 spiro atoms. The Balaban J connectivity index is 2.04. The molecule has 6 heteroatoms. The lowest BCUT2D eigenvalue weighted by molar-refractivity contribution is 0.0926. The van der Waals surface area contributed by atoms with Crippen molar-refractivity contribution in [1.29, 1.82) is 0 Å². The number of nitrogens with two attached hydrogens (primary N) is 2. The van der Waals surface area contributed by atoms with Gasteiger partial charge in [-0.25, -0.2) is 0 Å². The SMILES string of the molecule is Nc1c(Cl)cc(C(=O)NC2CCC(N)CC2)cc1Cl. The van der Waals surface area contributed by atoms with E-state index in [1.165, 1.54) is 12.1 Å². The van der Waals surface area contributed by atoms with Gasteiger partial charge in [0.25, 0.3) is 5.91 Å². The van der Waals surface area contributed by atoms with Crippen molar-refractivity contribution in [3.8, 4) is 0 Å². The lowest BCUT2D eigenvalue weighted by Crippen LogP contribution is -2.40. The van der Waals surface area contributed by atoms with Crippen molar-refractivity contribution in [2.24, 2.45) is 5.73 Å². The first-order valence-corrected chi connectivity index (χ1v) is 7.04. The van der Waals surface area contributed by atoms with Gasteiger partial charge < -0.3 is 16.8 Å². The Morgan fingerprint density at radius 3 is 2.21 bits per heavy atom. The summed E-state index contributed by atoms with van der Waals surface area (Å²) in [4.78, 5) is 12.1. The van der Waals surface area contributed by atoms with Crippen LogP contribution in [0.3, 0.4) is 0 Å². The second kappa shape index (κ2) is 5.99. The number of rotatable bonds is 2. The summed E-state index contributed by atoms with van der Waals surface area (Å²) in [5.74, 6) is -0.177. The number of amides is 1. The van der Waals surface area contributed by atoms with Crippen LogP contribution < -0.4 is 16.8 Å². The van der Waals surface area contributed by atoms with E-state index in [0.29, 0.717) is 21.3 Å². The molecule has 1 fully saturated rings. The van der Waals surface area contributed by atoms with E-state index >= 15 is 0 Å². The number of halogens is 2. The fourth-order valence-corrected chi connectivity index (χ4v) is 2.73. The number of carbonyl (C=O) groups is 1. The van der Waals surface area contributed by atoms with Gasteiger partial charge in [0.05, 0.1) is 15.7 Å². The van der Waals surface area contributed by atoms with Crippen LogP contribution in [-0.4, -0.2) is 18.0 Å². The quantitative estimate of drug-likeness (QED) is 0.734. The fourth-order valence-electron chi connectivity index (χ4n) is 2.25. The van der Waals surface area contributed by atoms with E-state index in [1.54, 1.807) is 0 Å². The Hall–Kier alpha value is -0.970. The molecule has 5 N–H and O–H groups in total. The number of nitrogens with one attached hydrogen (secondary N) is 1. The largest absolute Gasteiger partial charge is 0.396 e. The van der Waals surface area contributed by atoms with Crippen molar-refractivity contribution in [2.75, 3.05) is 5.73 Å². The van der Waals surface area contributed by atoms with E-state index in [-0.39, 0.29) is 18.0 Å². The topological polar surface area (TPSA) is 81.1 Å². The molecule has 1 aromatic rings. The zero-order valence-corrected chi connectivity index (χ0v) is 12.0.